The molecule has 0 aliphatic carbocycles. The van der Waals surface area contributed by atoms with Crippen LogP contribution in [-0.4, -0.2) is 40.1 Å². The molecule has 0 atom stereocenters. The number of nitrogens with zero attached hydrogens (tertiary/aromatic N) is 2. The molecule has 0 saturated heterocycles. The van der Waals surface area contributed by atoms with E-state index in [4.69, 9.17) is 9.47 Å². The fourth-order valence-corrected chi connectivity index (χ4v) is 6.02. The average molecular weight is 579 g/mol. The number of benzene rings is 7. The first-order valence-corrected chi connectivity index (χ1v) is 14.4. The highest BCUT2D eigenvalue weighted by atomic mass is 16.5. The molecule has 0 N–H and O–H groups in total. The molecular weight excluding hydrogens is 548 g/mol. The molecule has 44 heavy (non-hydrogen) atoms. The van der Waals surface area contributed by atoms with Crippen LogP contribution in [-0.2, 0) is 0 Å². The lowest BCUT2D eigenvalue weighted by molar-refractivity contribution is 0.0727. The normalized spacial score (nSPS) is 11.4. The Morgan fingerprint density at radius 2 is 0.773 bits per heavy atom. The second-order valence-electron chi connectivity index (χ2n) is 11.3. The Bertz CT molecular complexity index is 2020. The van der Waals surface area contributed by atoms with Crippen LogP contribution in [0.3, 0.4) is 0 Å². The van der Waals surface area contributed by atoms with E-state index in [0.717, 1.165) is 54.5 Å². The Balaban J connectivity index is 1.31. The van der Waals surface area contributed by atoms with Gasteiger partial charge in [0.25, 0.3) is 0 Å². The highest BCUT2D eigenvalue weighted by molar-refractivity contribution is 6.35. The van der Waals surface area contributed by atoms with Gasteiger partial charge in [-0.2, -0.15) is 0 Å². The molecular formula is C38H30N2O4. The van der Waals surface area contributed by atoms with Crippen LogP contribution in [0.2, 0.25) is 0 Å². The molecule has 7 rings (SSSR count). The Morgan fingerprint density at radius 3 is 1.14 bits per heavy atom. The summed E-state index contributed by atoms with van der Waals surface area (Å²) in [5.74, 6) is 0.160. The first-order valence-electron chi connectivity index (χ1n) is 14.4. The standard InChI is InChI=1S/C38H30N2O4/c1-39(2)23-11-15-25(16-12-23)43-37(41)33-21-19-31-28-8-6-10-30-34(38(42)44-26-17-13-24(14-18-26)40(3)4)22-20-32(36(28)30)27-7-5-9-29(33)35(27)31/h5-22H,1-4H3. The van der Waals surface area contributed by atoms with E-state index in [0.29, 0.717) is 22.6 Å². The maximum Gasteiger partial charge on any atom is 0.344 e. The summed E-state index contributed by atoms with van der Waals surface area (Å²) in [5.41, 5.74) is 3.04. The third-order valence-corrected chi connectivity index (χ3v) is 8.23. The highest BCUT2D eigenvalue weighted by Gasteiger charge is 2.21. The topological polar surface area (TPSA) is 59.1 Å². The zero-order valence-electron chi connectivity index (χ0n) is 24.9. The van der Waals surface area contributed by atoms with Gasteiger partial charge in [0, 0.05) is 39.6 Å². The van der Waals surface area contributed by atoms with Crippen molar-refractivity contribution in [3.63, 3.8) is 0 Å². The molecule has 0 fully saturated rings. The molecule has 0 unspecified atom stereocenters. The fourth-order valence-electron chi connectivity index (χ4n) is 6.02. The molecule has 0 aliphatic heterocycles. The molecule has 0 amide bonds. The van der Waals surface area contributed by atoms with Gasteiger partial charge >= 0.3 is 11.9 Å². The molecule has 0 aliphatic rings. The summed E-state index contributed by atoms with van der Waals surface area (Å²) in [4.78, 5) is 30.9. The van der Waals surface area contributed by atoms with Crippen molar-refractivity contribution in [1.29, 1.82) is 0 Å². The van der Waals surface area contributed by atoms with Crippen LogP contribution in [0.5, 0.6) is 11.5 Å². The predicted octanol–water partition coefficient (Wildman–Crippen LogP) is 8.31. The van der Waals surface area contributed by atoms with Crippen LogP contribution in [0, 0.1) is 0 Å². The van der Waals surface area contributed by atoms with E-state index < -0.39 is 11.9 Å². The van der Waals surface area contributed by atoms with Crippen molar-refractivity contribution < 1.29 is 19.1 Å². The number of carbonyl (C=O) groups excluding carboxylic acids is 2. The predicted molar refractivity (Wildman–Crippen MR) is 179 cm³/mol. The maximum absolute atomic E-state index is 13.4. The largest absolute Gasteiger partial charge is 0.423 e. The van der Waals surface area contributed by atoms with Crippen molar-refractivity contribution in [3.8, 4) is 11.5 Å². The van der Waals surface area contributed by atoms with Gasteiger partial charge in [-0.25, -0.2) is 9.59 Å². The summed E-state index contributed by atoms with van der Waals surface area (Å²) in [5, 5.41) is 7.64. The summed E-state index contributed by atoms with van der Waals surface area (Å²) >= 11 is 0. The monoisotopic (exact) mass is 578 g/mol. The molecule has 0 bridgehead atoms. The Labute approximate surface area is 255 Å². The SMILES string of the molecule is CN(C)c1ccc(OC(=O)c2ccc3c4cccc5c(C(=O)Oc6ccc(N(C)C)cc6)ccc(c6cccc2c63)c54)cc1. The van der Waals surface area contributed by atoms with Crippen molar-refractivity contribution >= 4 is 66.4 Å². The van der Waals surface area contributed by atoms with E-state index >= 15 is 0 Å². The lowest BCUT2D eigenvalue weighted by Crippen LogP contribution is -2.11. The van der Waals surface area contributed by atoms with E-state index in [1.807, 2.05) is 111 Å². The quantitative estimate of drug-likeness (QED) is 0.0856. The van der Waals surface area contributed by atoms with E-state index in [1.54, 1.807) is 24.3 Å². The number of hydrogen-bond donors (Lipinski definition) is 0. The molecule has 0 aromatic heterocycles. The fraction of sp³-hybridized carbons (Fsp3) is 0.105. The summed E-state index contributed by atoms with van der Waals surface area (Å²) in [7, 11) is 7.86. The molecule has 6 nitrogen and oxygen atoms in total. The minimum atomic E-state index is -0.410. The number of anilines is 2. The van der Waals surface area contributed by atoms with Gasteiger partial charge < -0.3 is 19.3 Å². The van der Waals surface area contributed by atoms with Gasteiger partial charge in [-0.05, 0) is 104 Å². The van der Waals surface area contributed by atoms with E-state index in [-0.39, 0.29) is 0 Å². The number of carbonyl (C=O) groups is 2. The third-order valence-electron chi connectivity index (χ3n) is 8.23. The summed E-state index contributed by atoms with van der Waals surface area (Å²) in [6.45, 7) is 0. The second-order valence-corrected chi connectivity index (χ2v) is 11.3. The molecule has 0 radical (unpaired) electrons. The molecule has 6 heteroatoms. The Kier molecular flexibility index (Phi) is 6.55. The van der Waals surface area contributed by atoms with Crippen molar-refractivity contribution in [3.05, 3.63) is 120 Å². The zero-order valence-corrected chi connectivity index (χ0v) is 24.9. The van der Waals surface area contributed by atoms with Crippen molar-refractivity contribution in [2.24, 2.45) is 0 Å². The lowest BCUT2D eigenvalue weighted by Gasteiger charge is -2.17. The van der Waals surface area contributed by atoms with Crippen molar-refractivity contribution in [2.45, 2.75) is 0 Å². The van der Waals surface area contributed by atoms with Crippen LogP contribution in [0.1, 0.15) is 20.7 Å². The smallest absolute Gasteiger partial charge is 0.344 e. The van der Waals surface area contributed by atoms with Gasteiger partial charge in [-0.1, -0.05) is 48.5 Å². The second kappa shape index (κ2) is 10.6. The summed E-state index contributed by atoms with van der Waals surface area (Å²) < 4.78 is 11.6. The van der Waals surface area contributed by atoms with E-state index in [1.165, 1.54) is 0 Å². The molecule has 7 aromatic carbocycles. The number of ether oxygens (including phenoxy) is 2. The third kappa shape index (κ3) is 4.52. The Hall–Kier alpha value is -5.62. The molecule has 0 heterocycles. The summed E-state index contributed by atoms with van der Waals surface area (Å²) in [6, 6.07) is 34.5. The van der Waals surface area contributed by atoms with Gasteiger partial charge in [-0.3, -0.25) is 0 Å². The van der Waals surface area contributed by atoms with Crippen LogP contribution in [0.15, 0.2) is 109 Å². The molecule has 0 spiro atoms. The number of hydrogen-bond acceptors (Lipinski definition) is 6. The van der Waals surface area contributed by atoms with Gasteiger partial charge in [0.1, 0.15) is 11.5 Å². The first kappa shape index (κ1) is 27.2. The van der Waals surface area contributed by atoms with Crippen LogP contribution >= 0.6 is 0 Å². The Morgan fingerprint density at radius 1 is 0.432 bits per heavy atom. The maximum atomic E-state index is 13.4. The average Bonchev–Trinajstić information content (AvgIpc) is 3.03. The minimum Gasteiger partial charge on any atom is -0.423 e. The van der Waals surface area contributed by atoms with Crippen molar-refractivity contribution in [2.75, 3.05) is 38.0 Å². The van der Waals surface area contributed by atoms with Crippen LogP contribution in [0.25, 0.3) is 43.1 Å². The molecule has 7 aromatic rings. The minimum absolute atomic E-state index is 0.410. The van der Waals surface area contributed by atoms with Crippen LogP contribution in [0.4, 0.5) is 11.4 Å². The summed E-state index contributed by atoms with van der Waals surface area (Å²) in [6.07, 6.45) is 0. The van der Waals surface area contributed by atoms with E-state index in [2.05, 4.69) is 12.1 Å². The first-order chi connectivity index (χ1) is 21.3. The van der Waals surface area contributed by atoms with Gasteiger partial charge in [0.15, 0.2) is 0 Å². The van der Waals surface area contributed by atoms with Gasteiger partial charge in [0.2, 0.25) is 0 Å². The zero-order chi connectivity index (χ0) is 30.5. The molecule has 0 saturated carbocycles. The van der Waals surface area contributed by atoms with Crippen molar-refractivity contribution in [1.82, 2.24) is 0 Å². The van der Waals surface area contributed by atoms with Gasteiger partial charge in [0.05, 0.1) is 11.1 Å². The number of esters is 2. The number of fused-ring (bicyclic) bond motifs is 2. The van der Waals surface area contributed by atoms with Crippen LogP contribution < -0.4 is 19.3 Å². The lowest BCUT2D eigenvalue weighted by atomic mass is 9.87. The van der Waals surface area contributed by atoms with E-state index in [9.17, 15) is 9.59 Å². The molecule has 216 valence electrons. The van der Waals surface area contributed by atoms with Gasteiger partial charge in [-0.15, -0.1) is 0 Å². The number of rotatable bonds is 6. The highest BCUT2D eigenvalue weighted by Crippen LogP contribution is 2.42.